The number of piperidine rings is 1. The molecule has 4 rings (SSSR count). The molecule has 0 spiro atoms. The van der Waals surface area contributed by atoms with E-state index in [2.05, 4.69) is 21.3 Å². The maximum Gasteiger partial charge on any atom is 0.416 e. The van der Waals surface area contributed by atoms with Gasteiger partial charge in [-0.25, -0.2) is 13.2 Å². The Morgan fingerprint density at radius 1 is 1.09 bits per heavy atom. The predicted octanol–water partition coefficient (Wildman–Crippen LogP) is 4.52. The van der Waals surface area contributed by atoms with Gasteiger partial charge in [0.2, 0.25) is 5.91 Å². The number of alkyl halides is 3. The molecule has 4 N–H and O–H groups in total. The van der Waals surface area contributed by atoms with Crippen LogP contribution in [-0.4, -0.2) is 81.4 Å². The molecule has 2 atom stereocenters. The van der Waals surface area contributed by atoms with Crippen LogP contribution < -0.4 is 21.3 Å². The molecule has 2 aromatic carbocycles. The first-order valence-electron chi connectivity index (χ1n) is 15.2. The zero-order chi connectivity index (χ0) is 33.5. The van der Waals surface area contributed by atoms with Gasteiger partial charge in [0, 0.05) is 24.5 Å². The Kier molecular flexibility index (Phi) is 11.6. The summed E-state index contributed by atoms with van der Waals surface area (Å²) in [6, 6.07) is 8.56. The van der Waals surface area contributed by atoms with E-state index in [-0.39, 0.29) is 16.3 Å². The lowest BCUT2D eigenvalue weighted by molar-refractivity contribution is -0.137. The Labute approximate surface area is 271 Å². The quantitative estimate of drug-likeness (QED) is 0.256. The predicted molar refractivity (Wildman–Crippen MR) is 171 cm³/mol. The highest BCUT2D eigenvalue weighted by Gasteiger charge is 2.43. The van der Waals surface area contributed by atoms with Crippen LogP contribution in [0.15, 0.2) is 52.3 Å². The van der Waals surface area contributed by atoms with Crippen LogP contribution in [0.4, 0.5) is 23.7 Å². The molecule has 2 aliphatic rings. The van der Waals surface area contributed by atoms with E-state index in [9.17, 15) is 36.0 Å². The van der Waals surface area contributed by atoms with Gasteiger partial charge in [-0.1, -0.05) is 13.3 Å². The van der Waals surface area contributed by atoms with Gasteiger partial charge < -0.3 is 26.2 Å². The van der Waals surface area contributed by atoms with Crippen molar-refractivity contribution >= 4 is 45.1 Å². The van der Waals surface area contributed by atoms with Crippen LogP contribution in [0.5, 0.6) is 0 Å². The van der Waals surface area contributed by atoms with Crippen molar-refractivity contribution in [3.8, 4) is 0 Å². The number of urea groups is 1. The van der Waals surface area contributed by atoms with E-state index in [4.69, 9.17) is 0 Å². The van der Waals surface area contributed by atoms with Crippen LogP contribution in [0.25, 0.3) is 0 Å². The van der Waals surface area contributed by atoms with Crippen LogP contribution in [0, 0.1) is 5.92 Å². The number of nitrogens with zero attached hydrogens (tertiary/aromatic N) is 1. The summed E-state index contributed by atoms with van der Waals surface area (Å²) in [6.45, 7) is 3.21. The second-order valence-electron chi connectivity index (χ2n) is 11.6. The SMILES string of the molecule is CCC[C@]1(NC(=O)CNC(=O)c2cc(C(F)(F)F)ccc2NC(=O)N2CCCC2)CNCC[C@H]1CS(=O)(=O)c1ccc(SC)cc1. The molecule has 2 saturated heterocycles. The highest BCUT2D eigenvalue weighted by Crippen LogP contribution is 2.33. The molecule has 46 heavy (non-hydrogen) atoms. The molecule has 0 bridgehead atoms. The maximum absolute atomic E-state index is 13.5. The average molecular weight is 684 g/mol. The number of anilines is 1. The van der Waals surface area contributed by atoms with Crippen molar-refractivity contribution in [3.63, 3.8) is 0 Å². The molecule has 2 heterocycles. The molecule has 0 radical (unpaired) electrons. The second-order valence-corrected chi connectivity index (χ2v) is 14.6. The number of amides is 4. The number of halogens is 3. The minimum atomic E-state index is -4.74. The molecule has 2 aliphatic heterocycles. The number of nitrogens with one attached hydrogen (secondary N) is 4. The first kappa shape index (κ1) is 35.6. The van der Waals surface area contributed by atoms with Gasteiger partial charge in [0.05, 0.1) is 39.5 Å². The summed E-state index contributed by atoms with van der Waals surface area (Å²) in [5, 5.41) is 11.1. The number of sulfone groups is 1. The number of carbonyl (C=O) groups is 3. The molecule has 10 nitrogen and oxygen atoms in total. The van der Waals surface area contributed by atoms with Gasteiger partial charge in [-0.05, 0) is 86.9 Å². The summed E-state index contributed by atoms with van der Waals surface area (Å²) < 4.78 is 67.4. The normalized spacial score (nSPS) is 20.3. The summed E-state index contributed by atoms with van der Waals surface area (Å²) in [7, 11) is -3.70. The van der Waals surface area contributed by atoms with Gasteiger partial charge in [0.1, 0.15) is 0 Å². The average Bonchev–Trinajstić information content (AvgIpc) is 3.56. The van der Waals surface area contributed by atoms with Gasteiger partial charge in [0.25, 0.3) is 5.91 Å². The number of thioether (sulfide) groups is 1. The topological polar surface area (TPSA) is 137 Å². The molecule has 0 saturated carbocycles. The summed E-state index contributed by atoms with van der Waals surface area (Å²) in [6.07, 6.45) is 0.347. The number of hydrogen-bond acceptors (Lipinski definition) is 7. The van der Waals surface area contributed by atoms with Crippen LogP contribution >= 0.6 is 11.8 Å². The van der Waals surface area contributed by atoms with E-state index < -0.39 is 63.0 Å². The Balaban J connectivity index is 1.49. The van der Waals surface area contributed by atoms with E-state index in [0.29, 0.717) is 51.5 Å². The molecule has 2 aromatic rings. The lowest BCUT2D eigenvalue weighted by Crippen LogP contribution is -2.64. The van der Waals surface area contributed by atoms with Gasteiger partial charge in [-0.15, -0.1) is 11.8 Å². The first-order chi connectivity index (χ1) is 21.8. The summed E-state index contributed by atoms with van der Waals surface area (Å²) in [5.74, 6) is -2.22. The van der Waals surface area contributed by atoms with Gasteiger partial charge in [-0.3, -0.25) is 9.59 Å². The number of rotatable bonds is 11. The standard InChI is InChI=1S/C31H40F3N5O5S2/c1-3-13-30(20-35-14-12-22(30)19-46(43,44)24-9-7-23(45-2)8-10-24)38-27(40)18-36-28(41)25-17-21(31(32,33)34)6-11-26(25)37-29(42)39-15-4-5-16-39/h6-11,17,22,35H,3-5,12-16,18-20H2,1-2H3,(H,36,41)(H,37,42)(H,38,40)/t22-,30-/m0/s1. The fourth-order valence-corrected chi connectivity index (χ4v) is 8.22. The fourth-order valence-electron chi connectivity index (χ4n) is 6.05. The molecule has 252 valence electrons. The van der Waals surface area contributed by atoms with Crippen molar-refractivity contribution in [2.24, 2.45) is 5.92 Å². The zero-order valence-corrected chi connectivity index (χ0v) is 27.5. The molecule has 0 aromatic heterocycles. The Bertz CT molecular complexity index is 1510. The van der Waals surface area contributed by atoms with Gasteiger partial charge >= 0.3 is 12.2 Å². The number of carbonyl (C=O) groups excluding carboxylic acids is 3. The van der Waals surface area contributed by atoms with Crippen LogP contribution in [0.1, 0.15) is 54.9 Å². The smallest absolute Gasteiger partial charge is 0.348 e. The van der Waals surface area contributed by atoms with Crippen molar-refractivity contribution in [1.29, 1.82) is 0 Å². The number of benzene rings is 2. The third-order valence-electron chi connectivity index (χ3n) is 8.45. The first-order valence-corrected chi connectivity index (χ1v) is 18.1. The molecule has 2 fully saturated rings. The monoisotopic (exact) mass is 683 g/mol. The zero-order valence-electron chi connectivity index (χ0n) is 25.8. The molecule has 0 aliphatic carbocycles. The second kappa shape index (κ2) is 15.1. The number of hydrogen-bond donors (Lipinski definition) is 4. The minimum absolute atomic E-state index is 0.113. The van der Waals surface area contributed by atoms with E-state index >= 15 is 0 Å². The van der Waals surface area contributed by atoms with E-state index in [1.54, 1.807) is 24.3 Å². The largest absolute Gasteiger partial charge is 0.416 e. The van der Waals surface area contributed by atoms with E-state index in [0.717, 1.165) is 29.9 Å². The van der Waals surface area contributed by atoms with E-state index in [1.165, 1.54) is 16.7 Å². The molecule has 0 unspecified atom stereocenters. The van der Waals surface area contributed by atoms with Crippen LogP contribution in [-0.2, 0) is 20.8 Å². The highest BCUT2D eigenvalue weighted by atomic mass is 32.2. The van der Waals surface area contributed by atoms with Gasteiger partial charge in [-0.2, -0.15) is 13.2 Å². The molecule has 15 heteroatoms. The Morgan fingerprint density at radius 3 is 2.41 bits per heavy atom. The fraction of sp³-hybridized carbons (Fsp3) is 0.516. The molecule has 4 amide bonds. The molecular weight excluding hydrogens is 643 g/mol. The van der Waals surface area contributed by atoms with Crippen molar-refractivity contribution in [2.75, 3.05) is 50.0 Å². The van der Waals surface area contributed by atoms with Crippen molar-refractivity contribution in [1.82, 2.24) is 20.9 Å². The summed E-state index contributed by atoms with van der Waals surface area (Å²) in [4.78, 5) is 41.8. The maximum atomic E-state index is 13.5. The minimum Gasteiger partial charge on any atom is -0.348 e. The third kappa shape index (κ3) is 8.73. The van der Waals surface area contributed by atoms with Crippen LogP contribution in [0.3, 0.4) is 0 Å². The van der Waals surface area contributed by atoms with Crippen molar-refractivity contribution < 1.29 is 36.0 Å². The highest BCUT2D eigenvalue weighted by molar-refractivity contribution is 7.98. The Morgan fingerprint density at radius 2 is 1.78 bits per heavy atom. The van der Waals surface area contributed by atoms with Crippen molar-refractivity contribution in [3.05, 3.63) is 53.6 Å². The van der Waals surface area contributed by atoms with E-state index in [1.807, 2.05) is 13.2 Å². The van der Waals surface area contributed by atoms with Gasteiger partial charge in [0.15, 0.2) is 9.84 Å². The summed E-state index contributed by atoms with van der Waals surface area (Å²) >= 11 is 1.50. The Hall–Kier alpha value is -3.30. The lowest BCUT2D eigenvalue weighted by Gasteiger charge is -2.45. The molecular formula is C31H40F3N5O5S2. The van der Waals surface area contributed by atoms with Crippen LogP contribution in [0.2, 0.25) is 0 Å². The number of likely N-dealkylation sites (tertiary alicyclic amines) is 1. The summed E-state index contributed by atoms with van der Waals surface area (Å²) in [5.41, 5.74) is -2.57. The van der Waals surface area contributed by atoms with Crippen molar-refractivity contribution in [2.45, 2.75) is 60.5 Å². The third-order valence-corrected chi connectivity index (χ3v) is 11.0. The lowest BCUT2D eigenvalue weighted by atomic mass is 9.76.